The molecule has 1 aliphatic heterocycles. The maximum absolute atomic E-state index is 5.71. The second-order valence-corrected chi connectivity index (χ2v) is 4.24. The van der Waals surface area contributed by atoms with Gasteiger partial charge >= 0.3 is 0 Å². The third-order valence-corrected chi connectivity index (χ3v) is 2.80. The molecule has 4 nitrogen and oxygen atoms in total. The molecule has 0 spiro atoms. The monoisotopic (exact) mass is 230 g/mol. The Morgan fingerprint density at radius 2 is 2.06 bits per heavy atom. The van der Waals surface area contributed by atoms with Gasteiger partial charge in [-0.1, -0.05) is 0 Å². The lowest BCUT2D eigenvalue weighted by molar-refractivity contribution is 0.172. The van der Waals surface area contributed by atoms with Gasteiger partial charge in [-0.3, -0.25) is 4.68 Å². The number of aromatic nitrogens is 2. The summed E-state index contributed by atoms with van der Waals surface area (Å²) in [5, 5.41) is 4.19. The van der Waals surface area contributed by atoms with E-state index in [0.717, 1.165) is 28.2 Å². The quantitative estimate of drug-likeness (QED) is 0.753. The molecule has 1 aromatic heterocycles. The van der Waals surface area contributed by atoms with Gasteiger partial charge in [0, 0.05) is 24.4 Å². The minimum atomic E-state index is 0.601. The van der Waals surface area contributed by atoms with E-state index < -0.39 is 0 Å². The minimum absolute atomic E-state index is 0.601. The number of rotatable bonds is 1. The van der Waals surface area contributed by atoms with Crippen LogP contribution in [0.4, 0.5) is 0 Å². The lowest BCUT2D eigenvalue weighted by Crippen LogP contribution is -2.16. The van der Waals surface area contributed by atoms with E-state index >= 15 is 0 Å². The Hall–Kier alpha value is -1.97. The van der Waals surface area contributed by atoms with Crippen molar-refractivity contribution in [2.24, 2.45) is 7.05 Å². The highest BCUT2D eigenvalue weighted by Gasteiger charge is 2.18. The van der Waals surface area contributed by atoms with Crippen LogP contribution in [-0.2, 0) is 7.05 Å². The molecule has 2 heterocycles. The average molecular weight is 230 g/mol. The van der Waals surface area contributed by atoms with Gasteiger partial charge in [-0.2, -0.15) is 5.10 Å². The zero-order valence-corrected chi connectivity index (χ0v) is 9.93. The number of aryl methyl sites for hydroxylation is 2. The minimum Gasteiger partial charge on any atom is -0.486 e. The Balaban J connectivity index is 2.18. The van der Waals surface area contributed by atoms with Crippen LogP contribution >= 0.6 is 0 Å². The van der Waals surface area contributed by atoms with Crippen LogP contribution in [0.1, 0.15) is 5.56 Å². The van der Waals surface area contributed by atoms with E-state index in [0.29, 0.717) is 13.2 Å². The molecule has 3 rings (SSSR count). The van der Waals surface area contributed by atoms with Gasteiger partial charge in [0.05, 0.1) is 6.20 Å². The third-order valence-electron chi connectivity index (χ3n) is 2.80. The fraction of sp³-hybridized carbons (Fsp3) is 0.308. The van der Waals surface area contributed by atoms with Gasteiger partial charge in [0.15, 0.2) is 11.5 Å². The number of hydrogen-bond acceptors (Lipinski definition) is 3. The molecule has 0 N–H and O–H groups in total. The van der Waals surface area contributed by atoms with Crippen molar-refractivity contribution in [3.05, 3.63) is 30.1 Å². The summed E-state index contributed by atoms with van der Waals surface area (Å²) in [4.78, 5) is 0. The van der Waals surface area contributed by atoms with Crippen LogP contribution in [0, 0.1) is 6.92 Å². The molecular weight excluding hydrogens is 216 g/mol. The van der Waals surface area contributed by atoms with Crippen molar-refractivity contribution in [1.82, 2.24) is 9.78 Å². The fourth-order valence-electron chi connectivity index (χ4n) is 2.07. The summed E-state index contributed by atoms with van der Waals surface area (Å²) in [6.07, 6.45) is 3.82. The Morgan fingerprint density at radius 1 is 1.24 bits per heavy atom. The van der Waals surface area contributed by atoms with Crippen LogP contribution < -0.4 is 9.47 Å². The smallest absolute Gasteiger partial charge is 0.169 e. The molecule has 0 fully saturated rings. The molecular formula is C13H14N2O2. The first kappa shape index (κ1) is 10.2. The first-order chi connectivity index (χ1) is 8.24. The van der Waals surface area contributed by atoms with Crippen LogP contribution in [0.3, 0.4) is 0 Å². The Kier molecular flexibility index (Phi) is 2.28. The summed E-state index contributed by atoms with van der Waals surface area (Å²) >= 11 is 0. The average Bonchev–Trinajstić information content (AvgIpc) is 2.74. The predicted octanol–water partition coefficient (Wildman–Crippen LogP) is 2.17. The standard InChI is InChI=1S/C13H14N2O2/c1-9-5-11(10-7-14-15(2)8-10)13-12(6-9)16-3-4-17-13/h5-8H,3-4H2,1-2H3. The molecule has 88 valence electrons. The van der Waals surface area contributed by atoms with Crippen molar-refractivity contribution in [1.29, 1.82) is 0 Å². The third kappa shape index (κ3) is 1.75. The van der Waals surface area contributed by atoms with Crippen LogP contribution in [0.2, 0.25) is 0 Å². The molecule has 0 bridgehead atoms. The summed E-state index contributed by atoms with van der Waals surface area (Å²) in [6, 6.07) is 4.11. The van der Waals surface area contributed by atoms with Crippen molar-refractivity contribution in [3.8, 4) is 22.6 Å². The van der Waals surface area contributed by atoms with E-state index in [1.807, 2.05) is 25.5 Å². The van der Waals surface area contributed by atoms with Crippen molar-refractivity contribution in [3.63, 3.8) is 0 Å². The molecule has 0 saturated heterocycles. The molecule has 0 amide bonds. The SMILES string of the molecule is Cc1cc2c(c(-c3cnn(C)c3)c1)OCCO2. The fourth-order valence-corrected chi connectivity index (χ4v) is 2.07. The van der Waals surface area contributed by atoms with Gasteiger partial charge in [0.25, 0.3) is 0 Å². The van der Waals surface area contributed by atoms with E-state index in [-0.39, 0.29) is 0 Å². The van der Waals surface area contributed by atoms with Crippen LogP contribution in [-0.4, -0.2) is 23.0 Å². The highest BCUT2D eigenvalue weighted by atomic mass is 16.6. The van der Waals surface area contributed by atoms with Crippen molar-refractivity contribution in [2.45, 2.75) is 6.92 Å². The van der Waals surface area contributed by atoms with Crippen molar-refractivity contribution >= 4 is 0 Å². The van der Waals surface area contributed by atoms with E-state index in [1.165, 1.54) is 0 Å². The highest BCUT2D eigenvalue weighted by Crippen LogP contribution is 2.40. The van der Waals surface area contributed by atoms with Gasteiger partial charge < -0.3 is 9.47 Å². The Morgan fingerprint density at radius 3 is 2.82 bits per heavy atom. The lowest BCUT2D eigenvalue weighted by Gasteiger charge is -2.21. The Labute approximate surface area is 99.8 Å². The van der Waals surface area contributed by atoms with Crippen LogP contribution in [0.25, 0.3) is 11.1 Å². The molecule has 1 aromatic carbocycles. The summed E-state index contributed by atoms with van der Waals surface area (Å²) < 4.78 is 13.1. The zero-order valence-electron chi connectivity index (χ0n) is 9.93. The number of benzene rings is 1. The maximum Gasteiger partial charge on any atom is 0.169 e. The zero-order chi connectivity index (χ0) is 11.8. The largest absolute Gasteiger partial charge is 0.486 e. The maximum atomic E-state index is 5.71. The van der Waals surface area contributed by atoms with Crippen LogP contribution in [0.5, 0.6) is 11.5 Å². The number of nitrogens with zero attached hydrogens (tertiary/aromatic N) is 2. The van der Waals surface area contributed by atoms with E-state index in [9.17, 15) is 0 Å². The second kappa shape index (κ2) is 3.80. The molecule has 0 aliphatic carbocycles. The highest BCUT2D eigenvalue weighted by molar-refractivity contribution is 5.74. The molecule has 17 heavy (non-hydrogen) atoms. The van der Waals surface area contributed by atoms with Crippen molar-refractivity contribution in [2.75, 3.05) is 13.2 Å². The van der Waals surface area contributed by atoms with E-state index in [4.69, 9.17) is 9.47 Å². The topological polar surface area (TPSA) is 36.3 Å². The number of ether oxygens (including phenoxy) is 2. The summed E-state index contributed by atoms with van der Waals surface area (Å²) in [5.41, 5.74) is 3.26. The van der Waals surface area contributed by atoms with E-state index in [1.54, 1.807) is 4.68 Å². The van der Waals surface area contributed by atoms with Gasteiger partial charge in [-0.25, -0.2) is 0 Å². The lowest BCUT2D eigenvalue weighted by atomic mass is 10.0. The van der Waals surface area contributed by atoms with Crippen molar-refractivity contribution < 1.29 is 9.47 Å². The number of hydrogen-bond donors (Lipinski definition) is 0. The normalized spacial score (nSPS) is 13.8. The summed E-state index contributed by atoms with van der Waals surface area (Å²) in [6.45, 7) is 3.27. The Bertz CT molecular complexity index is 561. The van der Waals surface area contributed by atoms with Crippen LogP contribution in [0.15, 0.2) is 24.5 Å². The second-order valence-electron chi connectivity index (χ2n) is 4.24. The summed E-state index contributed by atoms with van der Waals surface area (Å²) in [5.74, 6) is 1.66. The molecule has 0 unspecified atom stereocenters. The summed E-state index contributed by atoms with van der Waals surface area (Å²) in [7, 11) is 1.91. The van der Waals surface area contributed by atoms with Gasteiger partial charge in [-0.05, 0) is 24.6 Å². The molecule has 1 aliphatic rings. The molecule has 0 atom stereocenters. The first-order valence-electron chi connectivity index (χ1n) is 5.63. The molecule has 4 heteroatoms. The molecule has 2 aromatic rings. The van der Waals surface area contributed by atoms with E-state index in [2.05, 4.69) is 18.1 Å². The number of fused-ring (bicyclic) bond motifs is 1. The van der Waals surface area contributed by atoms with Gasteiger partial charge in [0.2, 0.25) is 0 Å². The van der Waals surface area contributed by atoms with Gasteiger partial charge in [0.1, 0.15) is 13.2 Å². The van der Waals surface area contributed by atoms with Gasteiger partial charge in [-0.15, -0.1) is 0 Å². The molecule has 0 radical (unpaired) electrons. The first-order valence-corrected chi connectivity index (χ1v) is 5.63. The molecule has 0 saturated carbocycles. The predicted molar refractivity (Wildman–Crippen MR) is 64.4 cm³/mol.